The molecular weight excluding hydrogens is 240 g/mol. The molecule has 0 heterocycles. The van der Waals surface area contributed by atoms with Crippen molar-refractivity contribution in [1.29, 1.82) is 0 Å². The van der Waals surface area contributed by atoms with E-state index in [1.54, 1.807) is 19.3 Å². The van der Waals surface area contributed by atoms with Gasteiger partial charge in [0.1, 0.15) is 0 Å². The average molecular weight is 277 g/mol. The van der Waals surface area contributed by atoms with Crippen molar-refractivity contribution in [3.8, 4) is 0 Å². The third kappa shape index (κ3) is 2.46. The Labute approximate surface area is 127 Å². The van der Waals surface area contributed by atoms with E-state index in [1.165, 1.54) is 51.4 Å². The minimum absolute atomic E-state index is 0.644. The van der Waals surface area contributed by atoms with Gasteiger partial charge in [0.25, 0.3) is 0 Å². The lowest BCUT2D eigenvalue weighted by Crippen LogP contribution is -2.49. The summed E-state index contributed by atoms with van der Waals surface area (Å²) >= 11 is 0. The number of hydrogen-bond acceptors (Lipinski definition) is 0. The van der Waals surface area contributed by atoms with Crippen molar-refractivity contribution in [1.82, 2.24) is 0 Å². The van der Waals surface area contributed by atoms with Crippen LogP contribution in [0.4, 0.5) is 0 Å². The Bertz CT molecular complexity index is 314. The Kier molecular flexibility index (Phi) is 4.48. The second-order valence-corrected chi connectivity index (χ2v) is 8.68. The van der Waals surface area contributed by atoms with Crippen LogP contribution in [-0.4, -0.2) is 0 Å². The van der Waals surface area contributed by atoms with Gasteiger partial charge in [-0.25, -0.2) is 0 Å². The van der Waals surface area contributed by atoms with Crippen LogP contribution < -0.4 is 0 Å². The van der Waals surface area contributed by atoms with Gasteiger partial charge in [-0.2, -0.15) is 0 Å². The molecule has 0 radical (unpaired) electrons. The lowest BCUT2D eigenvalue weighted by Gasteiger charge is -2.57. The van der Waals surface area contributed by atoms with Crippen molar-refractivity contribution < 1.29 is 0 Å². The maximum Gasteiger partial charge on any atom is -0.0241 e. The fourth-order valence-electron chi connectivity index (χ4n) is 6.44. The molecule has 116 valence electrons. The fraction of sp³-hybridized carbons (Fsp3) is 1.00. The van der Waals surface area contributed by atoms with Gasteiger partial charge in [-0.05, 0) is 54.3 Å². The summed E-state index contributed by atoms with van der Waals surface area (Å²) in [7, 11) is 0. The van der Waals surface area contributed by atoms with Crippen LogP contribution in [0.3, 0.4) is 0 Å². The van der Waals surface area contributed by atoms with Gasteiger partial charge in [0.05, 0.1) is 0 Å². The largest absolute Gasteiger partial charge is 0.0620 e. The third-order valence-corrected chi connectivity index (χ3v) is 8.08. The summed E-state index contributed by atoms with van der Waals surface area (Å²) in [6, 6.07) is 0. The topological polar surface area (TPSA) is 0 Å². The smallest absolute Gasteiger partial charge is 0.0241 e. The van der Waals surface area contributed by atoms with Crippen LogP contribution in [0.1, 0.15) is 91.4 Å². The first-order valence-electron chi connectivity index (χ1n) is 9.64. The third-order valence-electron chi connectivity index (χ3n) is 8.08. The van der Waals surface area contributed by atoms with Gasteiger partial charge in [0.15, 0.2) is 0 Å². The molecule has 0 aromatic carbocycles. The van der Waals surface area contributed by atoms with Crippen LogP contribution in [-0.2, 0) is 0 Å². The highest BCUT2D eigenvalue weighted by Gasteiger charge is 2.51. The van der Waals surface area contributed by atoms with Gasteiger partial charge in [-0.3, -0.25) is 0 Å². The number of hydrogen-bond donors (Lipinski definition) is 0. The second-order valence-electron chi connectivity index (χ2n) is 8.68. The molecule has 0 spiro atoms. The molecule has 20 heavy (non-hydrogen) atoms. The standard InChI is InChI=1S/C20H36/c1-15-13-14-18-11-7-8-12-19(18)20(15,3)16(2)17-9-5-4-6-10-17/h15-19H,4-14H2,1-3H3. The molecule has 3 fully saturated rings. The first-order chi connectivity index (χ1) is 9.64. The van der Waals surface area contributed by atoms with E-state index in [9.17, 15) is 0 Å². The van der Waals surface area contributed by atoms with Crippen molar-refractivity contribution in [2.45, 2.75) is 91.4 Å². The van der Waals surface area contributed by atoms with Gasteiger partial charge in [0, 0.05) is 0 Å². The van der Waals surface area contributed by atoms with E-state index in [0.29, 0.717) is 5.41 Å². The molecule has 0 aromatic heterocycles. The molecule has 3 rings (SSSR count). The van der Waals surface area contributed by atoms with Gasteiger partial charge in [-0.1, -0.05) is 72.1 Å². The highest BCUT2D eigenvalue weighted by molar-refractivity contribution is 5.00. The molecule has 3 saturated carbocycles. The van der Waals surface area contributed by atoms with E-state index in [-0.39, 0.29) is 0 Å². The van der Waals surface area contributed by atoms with E-state index in [0.717, 1.165) is 29.6 Å². The molecule has 5 atom stereocenters. The van der Waals surface area contributed by atoms with Gasteiger partial charge < -0.3 is 0 Å². The minimum atomic E-state index is 0.644. The molecule has 0 heteroatoms. The summed E-state index contributed by atoms with van der Waals surface area (Å²) in [5.41, 5.74) is 0.644. The van der Waals surface area contributed by atoms with Crippen molar-refractivity contribution in [2.24, 2.45) is 35.0 Å². The van der Waals surface area contributed by atoms with E-state index < -0.39 is 0 Å². The first-order valence-corrected chi connectivity index (χ1v) is 9.64. The maximum atomic E-state index is 2.71. The fourth-order valence-corrected chi connectivity index (χ4v) is 6.44. The SMILES string of the molecule is CC1CCC2CCCCC2C1(C)C(C)C1CCCCC1. The molecule has 0 aliphatic heterocycles. The Balaban J connectivity index is 1.81. The molecule has 3 aliphatic rings. The molecule has 0 bridgehead atoms. The minimum Gasteiger partial charge on any atom is -0.0620 e. The van der Waals surface area contributed by atoms with Crippen molar-refractivity contribution >= 4 is 0 Å². The molecule has 0 amide bonds. The van der Waals surface area contributed by atoms with E-state index in [2.05, 4.69) is 20.8 Å². The summed E-state index contributed by atoms with van der Waals surface area (Å²) in [6.45, 7) is 7.94. The van der Waals surface area contributed by atoms with E-state index in [1.807, 2.05) is 0 Å². The highest BCUT2D eigenvalue weighted by Crippen LogP contribution is 2.59. The predicted molar refractivity (Wildman–Crippen MR) is 87.7 cm³/mol. The van der Waals surface area contributed by atoms with Crippen LogP contribution in [0, 0.1) is 35.0 Å². The molecule has 0 saturated heterocycles. The van der Waals surface area contributed by atoms with Crippen molar-refractivity contribution in [3.05, 3.63) is 0 Å². The molecule has 3 aliphatic carbocycles. The zero-order valence-corrected chi connectivity index (χ0v) is 14.2. The van der Waals surface area contributed by atoms with Gasteiger partial charge >= 0.3 is 0 Å². The zero-order valence-electron chi connectivity index (χ0n) is 14.2. The van der Waals surface area contributed by atoms with Crippen molar-refractivity contribution in [2.75, 3.05) is 0 Å². The molecule has 0 nitrogen and oxygen atoms in total. The predicted octanol–water partition coefficient (Wildman–Crippen LogP) is 6.45. The van der Waals surface area contributed by atoms with Crippen LogP contribution >= 0.6 is 0 Å². The Morgan fingerprint density at radius 1 is 0.800 bits per heavy atom. The Hall–Kier alpha value is 0. The quantitative estimate of drug-likeness (QED) is 0.544. The van der Waals surface area contributed by atoms with Crippen LogP contribution in [0.5, 0.6) is 0 Å². The molecule has 0 aromatic rings. The summed E-state index contributed by atoms with van der Waals surface area (Å²) in [4.78, 5) is 0. The number of fused-ring (bicyclic) bond motifs is 1. The van der Waals surface area contributed by atoms with E-state index >= 15 is 0 Å². The summed E-state index contributed by atoms with van der Waals surface area (Å²) in [5, 5.41) is 0. The monoisotopic (exact) mass is 276 g/mol. The molecular formula is C20H36. The highest BCUT2D eigenvalue weighted by atomic mass is 14.6. The van der Waals surface area contributed by atoms with Crippen LogP contribution in [0.15, 0.2) is 0 Å². The lowest BCUT2D eigenvalue weighted by atomic mass is 9.48. The maximum absolute atomic E-state index is 2.71. The lowest BCUT2D eigenvalue weighted by molar-refractivity contribution is -0.0803. The van der Waals surface area contributed by atoms with Gasteiger partial charge in [0.2, 0.25) is 0 Å². The van der Waals surface area contributed by atoms with Gasteiger partial charge in [-0.15, -0.1) is 0 Å². The molecule has 0 N–H and O–H groups in total. The number of rotatable bonds is 2. The molecule has 5 unspecified atom stereocenters. The summed E-state index contributed by atoms with van der Waals surface area (Å²) < 4.78 is 0. The van der Waals surface area contributed by atoms with Crippen molar-refractivity contribution in [3.63, 3.8) is 0 Å². The summed E-state index contributed by atoms with van der Waals surface area (Å²) in [5.74, 6) is 5.09. The average Bonchev–Trinajstić information content (AvgIpc) is 2.51. The normalized spacial score (nSPS) is 44.9. The summed E-state index contributed by atoms with van der Waals surface area (Å²) in [6.07, 6.45) is 16.7. The van der Waals surface area contributed by atoms with E-state index in [4.69, 9.17) is 0 Å². The van der Waals surface area contributed by atoms with Crippen LogP contribution in [0.25, 0.3) is 0 Å². The Morgan fingerprint density at radius 2 is 1.45 bits per heavy atom. The second kappa shape index (κ2) is 6.01. The van der Waals surface area contributed by atoms with Crippen LogP contribution in [0.2, 0.25) is 0 Å². The first kappa shape index (κ1) is 14.9. The Morgan fingerprint density at radius 3 is 2.20 bits per heavy atom. The zero-order chi connectivity index (χ0) is 14.2.